The number of nitrogens with one attached hydrogen (secondary N) is 1. The molecule has 0 aliphatic rings. The normalized spacial score (nSPS) is 13.4. The fourth-order valence-electron chi connectivity index (χ4n) is 1.05. The molecule has 5 nitrogen and oxygen atoms in total. The van der Waals surface area contributed by atoms with Gasteiger partial charge in [-0.05, 0) is 19.1 Å². The standard InChI is InChI=1S/C9H10F2N2O3S/c1-5(9(12)14)13-17(15,16)8-3-2-6(10)4-7(8)11/h2-5,13H,1H3,(H2,12,14). The summed E-state index contributed by atoms with van der Waals surface area (Å²) in [5.41, 5.74) is 4.86. The second-order valence-corrected chi connectivity index (χ2v) is 5.00. The van der Waals surface area contributed by atoms with Crippen molar-refractivity contribution in [1.82, 2.24) is 4.72 Å². The second-order valence-electron chi connectivity index (χ2n) is 3.32. The van der Waals surface area contributed by atoms with Gasteiger partial charge >= 0.3 is 0 Å². The molecule has 0 aromatic heterocycles. The minimum absolute atomic E-state index is 0.434. The average Bonchev–Trinajstić information content (AvgIpc) is 2.15. The van der Waals surface area contributed by atoms with Crippen molar-refractivity contribution in [3.8, 4) is 0 Å². The van der Waals surface area contributed by atoms with E-state index in [1.807, 2.05) is 4.72 Å². The first kappa shape index (κ1) is 13.5. The number of hydrogen-bond donors (Lipinski definition) is 2. The Bertz CT molecular complexity index is 545. The lowest BCUT2D eigenvalue weighted by Gasteiger charge is -2.11. The van der Waals surface area contributed by atoms with Crippen LogP contribution in [0.1, 0.15) is 6.92 Å². The van der Waals surface area contributed by atoms with Crippen LogP contribution in [-0.2, 0) is 14.8 Å². The lowest BCUT2D eigenvalue weighted by atomic mass is 10.3. The molecule has 0 aliphatic heterocycles. The fraction of sp³-hybridized carbons (Fsp3) is 0.222. The molecule has 1 unspecified atom stereocenters. The Hall–Kier alpha value is -1.54. The summed E-state index contributed by atoms with van der Waals surface area (Å²) in [7, 11) is -4.24. The van der Waals surface area contributed by atoms with Gasteiger partial charge in [-0.2, -0.15) is 4.72 Å². The quantitative estimate of drug-likeness (QED) is 0.809. The molecule has 0 aliphatic carbocycles. The molecule has 94 valence electrons. The second kappa shape index (κ2) is 4.76. The SMILES string of the molecule is CC(NS(=O)(=O)c1ccc(F)cc1F)C(N)=O. The zero-order valence-corrected chi connectivity index (χ0v) is 9.59. The summed E-state index contributed by atoms with van der Waals surface area (Å²) in [5.74, 6) is -3.05. The molecule has 8 heteroatoms. The molecule has 0 spiro atoms. The minimum Gasteiger partial charge on any atom is -0.368 e. The summed E-state index contributed by atoms with van der Waals surface area (Å²) in [6.45, 7) is 1.21. The van der Waals surface area contributed by atoms with Crippen molar-refractivity contribution >= 4 is 15.9 Å². The predicted molar refractivity (Wildman–Crippen MR) is 55.3 cm³/mol. The summed E-state index contributed by atoms with van der Waals surface area (Å²) in [6.07, 6.45) is 0. The molecule has 1 rings (SSSR count). The number of primary amides is 1. The molecule has 1 amide bonds. The molecule has 0 saturated heterocycles. The Kier molecular flexibility index (Phi) is 3.79. The highest BCUT2D eigenvalue weighted by Crippen LogP contribution is 2.15. The molecule has 0 radical (unpaired) electrons. The third-order valence-electron chi connectivity index (χ3n) is 1.94. The van der Waals surface area contributed by atoms with Gasteiger partial charge in [-0.15, -0.1) is 0 Å². The molecule has 0 saturated carbocycles. The smallest absolute Gasteiger partial charge is 0.244 e. The van der Waals surface area contributed by atoms with Gasteiger partial charge in [0.2, 0.25) is 15.9 Å². The molecule has 3 N–H and O–H groups in total. The summed E-state index contributed by atoms with van der Waals surface area (Å²) in [5, 5.41) is 0. The zero-order valence-electron chi connectivity index (χ0n) is 8.78. The van der Waals surface area contributed by atoms with Crippen molar-refractivity contribution in [2.45, 2.75) is 17.9 Å². The maximum absolute atomic E-state index is 13.2. The Labute approximate surface area is 96.7 Å². The monoisotopic (exact) mass is 264 g/mol. The number of halogens is 2. The lowest BCUT2D eigenvalue weighted by Crippen LogP contribution is -2.42. The molecule has 0 fully saturated rings. The number of amides is 1. The van der Waals surface area contributed by atoms with E-state index in [0.717, 1.165) is 12.1 Å². The van der Waals surface area contributed by atoms with Crippen LogP contribution in [0.2, 0.25) is 0 Å². The third-order valence-corrected chi connectivity index (χ3v) is 3.52. The van der Waals surface area contributed by atoms with Crippen molar-refractivity contribution < 1.29 is 22.0 Å². The van der Waals surface area contributed by atoms with Crippen molar-refractivity contribution in [1.29, 1.82) is 0 Å². The van der Waals surface area contributed by atoms with E-state index in [9.17, 15) is 22.0 Å². The number of sulfonamides is 1. The maximum atomic E-state index is 13.2. The average molecular weight is 264 g/mol. The van der Waals surface area contributed by atoms with Gasteiger partial charge in [-0.3, -0.25) is 4.79 Å². The van der Waals surface area contributed by atoms with Gasteiger partial charge < -0.3 is 5.73 Å². The van der Waals surface area contributed by atoms with Gasteiger partial charge in [-0.1, -0.05) is 0 Å². The van der Waals surface area contributed by atoms with Crippen molar-refractivity contribution in [3.63, 3.8) is 0 Å². The Morgan fingerprint density at radius 2 is 2.00 bits per heavy atom. The molecule has 17 heavy (non-hydrogen) atoms. The van der Waals surface area contributed by atoms with E-state index in [1.165, 1.54) is 6.92 Å². The predicted octanol–water partition coefficient (Wildman–Crippen LogP) is 0.117. The Morgan fingerprint density at radius 1 is 1.41 bits per heavy atom. The molecular formula is C9H10F2N2O3S. The van der Waals surface area contributed by atoms with Crippen molar-refractivity contribution in [3.05, 3.63) is 29.8 Å². The largest absolute Gasteiger partial charge is 0.368 e. The van der Waals surface area contributed by atoms with Gasteiger partial charge in [-0.25, -0.2) is 17.2 Å². The molecule has 1 aromatic rings. The van der Waals surface area contributed by atoms with Crippen LogP contribution in [0.15, 0.2) is 23.1 Å². The highest BCUT2D eigenvalue weighted by molar-refractivity contribution is 7.89. The molecule has 1 atom stereocenters. The fourth-order valence-corrected chi connectivity index (χ4v) is 2.32. The van der Waals surface area contributed by atoms with Gasteiger partial charge in [0.15, 0.2) is 0 Å². The van der Waals surface area contributed by atoms with E-state index in [4.69, 9.17) is 5.73 Å². The topological polar surface area (TPSA) is 89.3 Å². The van der Waals surface area contributed by atoms with Crippen LogP contribution in [0.25, 0.3) is 0 Å². The van der Waals surface area contributed by atoms with E-state index in [2.05, 4.69) is 0 Å². The third kappa shape index (κ3) is 3.21. The molecule has 0 heterocycles. The van der Waals surface area contributed by atoms with Crippen LogP contribution in [0.3, 0.4) is 0 Å². The van der Waals surface area contributed by atoms with Crippen LogP contribution in [0.5, 0.6) is 0 Å². The number of benzene rings is 1. The Morgan fingerprint density at radius 3 is 2.47 bits per heavy atom. The van der Waals surface area contributed by atoms with E-state index in [1.54, 1.807) is 0 Å². The highest BCUT2D eigenvalue weighted by atomic mass is 32.2. The first-order valence-corrected chi connectivity index (χ1v) is 5.99. The van der Waals surface area contributed by atoms with E-state index >= 15 is 0 Å². The summed E-state index contributed by atoms with van der Waals surface area (Å²) in [6, 6.07) is 0.806. The minimum atomic E-state index is -4.24. The number of carbonyl (C=O) groups excluding carboxylic acids is 1. The van der Waals surface area contributed by atoms with Crippen molar-refractivity contribution in [2.24, 2.45) is 5.73 Å². The van der Waals surface area contributed by atoms with E-state index in [-0.39, 0.29) is 0 Å². The molecule has 1 aromatic carbocycles. The number of rotatable bonds is 4. The highest BCUT2D eigenvalue weighted by Gasteiger charge is 2.23. The van der Waals surface area contributed by atoms with Crippen LogP contribution >= 0.6 is 0 Å². The van der Waals surface area contributed by atoms with Crippen LogP contribution in [0.4, 0.5) is 8.78 Å². The molecular weight excluding hydrogens is 254 g/mol. The van der Waals surface area contributed by atoms with Crippen molar-refractivity contribution in [2.75, 3.05) is 0 Å². The van der Waals surface area contributed by atoms with Crippen LogP contribution in [-0.4, -0.2) is 20.4 Å². The lowest BCUT2D eigenvalue weighted by molar-refractivity contribution is -0.119. The van der Waals surface area contributed by atoms with Gasteiger partial charge in [0.05, 0.1) is 6.04 Å². The summed E-state index contributed by atoms with van der Waals surface area (Å²) in [4.78, 5) is 9.95. The summed E-state index contributed by atoms with van der Waals surface area (Å²) < 4.78 is 50.9. The maximum Gasteiger partial charge on any atom is 0.244 e. The number of nitrogens with two attached hydrogens (primary N) is 1. The van der Waals surface area contributed by atoms with Gasteiger partial charge in [0.1, 0.15) is 16.5 Å². The number of hydrogen-bond acceptors (Lipinski definition) is 3. The van der Waals surface area contributed by atoms with Gasteiger partial charge in [0.25, 0.3) is 0 Å². The van der Waals surface area contributed by atoms with E-state index < -0.39 is 38.5 Å². The first-order chi connectivity index (χ1) is 7.74. The number of carbonyl (C=O) groups is 1. The summed E-state index contributed by atoms with van der Waals surface area (Å²) >= 11 is 0. The van der Waals surface area contributed by atoms with Gasteiger partial charge in [0, 0.05) is 6.07 Å². The first-order valence-electron chi connectivity index (χ1n) is 4.51. The Balaban J connectivity index is 3.10. The zero-order chi connectivity index (χ0) is 13.2. The van der Waals surface area contributed by atoms with Crippen LogP contribution in [0, 0.1) is 11.6 Å². The van der Waals surface area contributed by atoms with E-state index in [0.29, 0.717) is 6.07 Å². The van der Waals surface area contributed by atoms with Crippen LogP contribution < -0.4 is 10.5 Å². The molecule has 0 bridgehead atoms.